The third-order valence-electron chi connectivity index (χ3n) is 3.49. The molecule has 1 heterocycles. The number of nitrogens with zero attached hydrogens (tertiary/aromatic N) is 1. The van der Waals surface area contributed by atoms with Crippen LogP contribution >= 0.6 is 0 Å². The molecule has 1 aromatic carbocycles. The Morgan fingerprint density at radius 3 is 2.75 bits per heavy atom. The second-order valence-corrected chi connectivity index (χ2v) is 4.97. The number of piperazine rings is 1. The average molecular weight is 286 g/mol. The van der Waals surface area contributed by atoms with E-state index in [1.165, 1.54) is 18.2 Å². The van der Waals surface area contributed by atoms with Crippen molar-refractivity contribution in [1.82, 2.24) is 10.2 Å². The van der Waals surface area contributed by atoms with Gasteiger partial charge in [0.15, 0.2) is 0 Å². The van der Waals surface area contributed by atoms with Gasteiger partial charge in [0.2, 0.25) is 5.91 Å². The van der Waals surface area contributed by atoms with Crippen molar-refractivity contribution in [3.63, 3.8) is 0 Å². The van der Waals surface area contributed by atoms with Gasteiger partial charge in [0.05, 0.1) is 12.0 Å². The molecule has 1 amide bonds. The largest absolute Gasteiger partial charge is 0.416 e. The first-order valence-corrected chi connectivity index (χ1v) is 6.55. The van der Waals surface area contributed by atoms with Crippen LogP contribution in [-0.4, -0.2) is 36.5 Å². The molecule has 0 aliphatic carbocycles. The smallest absolute Gasteiger partial charge is 0.337 e. The second kappa shape index (κ2) is 5.83. The van der Waals surface area contributed by atoms with E-state index in [1.54, 1.807) is 4.90 Å². The Morgan fingerprint density at radius 2 is 2.10 bits per heavy atom. The van der Waals surface area contributed by atoms with Crippen molar-refractivity contribution in [1.29, 1.82) is 0 Å². The molecule has 0 saturated carbocycles. The van der Waals surface area contributed by atoms with Gasteiger partial charge in [-0.05, 0) is 18.6 Å². The average Bonchev–Trinajstić information content (AvgIpc) is 2.38. The molecule has 3 nitrogen and oxygen atoms in total. The second-order valence-electron chi connectivity index (χ2n) is 4.97. The maximum absolute atomic E-state index is 12.9. The Morgan fingerprint density at radius 1 is 1.40 bits per heavy atom. The highest BCUT2D eigenvalue weighted by Gasteiger charge is 2.34. The van der Waals surface area contributed by atoms with E-state index in [0.717, 1.165) is 6.07 Å². The van der Waals surface area contributed by atoms with Crippen molar-refractivity contribution in [2.75, 3.05) is 19.6 Å². The zero-order valence-electron chi connectivity index (χ0n) is 11.2. The molecule has 0 aromatic heterocycles. The zero-order chi connectivity index (χ0) is 14.8. The topological polar surface area (TPSA) is 32.3 Å². The van der Waals surface area contributed by atoms with Crippen molar-refractivity contribution in [2.24, 2.45) is 0 Å². The van der Waals surface area contributed by atoms with E-state index in [2.05, 4.69) is 5.32 Å². The van der Waals surface area contributed by atoms with Crippen molar-refractivity contribution in [3.05, 3.63) is 35.4 Å². The lowest BCUT2D eigenvalue weighted by molar-refractivity contribution is -0.139. The predicted molar refractivity (Wildman–Crippen MR) is 69.2 cm³/mol. The van der Waals surface area contributed by atoms with Crippen LogP contribution in [0.25, 0.3) is 0 Å². The van der Waals surface area contributed by atoms with E-state index in [4.69, 9.17) is 0 Å². The van der Waals surface area contributed by atoms with Gasteiger partial charge >= 0.3 is 6.18 Å². The summed E-state index contributed by atoms with van der Waals surface area (Å²) >= 11 is 0. The number of benzene rings is 1. The summed E-state index contributed by atoms with van der Waals surface area (Å²) in [7, 11) is 0. The molecule has 1 N–H and O–H groups in total. The maximum Gasteiger partial charge on any atom is 0.416 e. The van der Waals surface area contributed by atoms with E-state index >= 15 is 0 Å². The van der Waals surface area contributed by atoms with E-state index in [-0.39, 0.29) is 23.9 Å². The monoisotopic (exact) mass is 286 g/mol. The molecule has 1 fully saturated rings. The number of hydrogen-bond acceptors (Lipinski definition) is 2. The summed E-state index contributed by atoms with van der Waals surface area (Å²) in [6.45, 7) is 3.78. The number of carbonyl (C=O) groups is 1. The zero-order valence-corrected chi connectivity index (χ0v) is 11.2. The van der Waals surface area contributed by atoms with E-state index in [9.17, 15) is 18.0 Å². The molecule has 20 heavy (non-hydrogen) atoms. The van der Waals surface area contributed by atoms with Gasteiger partial charge in [-0.25, -0.2) is 0 Å². The molecule has 1 saturated heterocycles. The number of rotatable bonds is 2. The molecule has 1 aliphatic rings. The predicted octanol–water partition coefficient (Wildman–Crippen LogP) is 2.07. The number of halogens is 3. The minimum absolute atomic E-state index is 0.00861. The molecule has 1 aromatic rings. The Hall–Kier alpha value is -1.56. The fourth-order valence-electron chi connectivity index (χ4n) is 2.43. The molecule has 0 radical (unpaired) electrons. The summed E-state index contributed by atoms with van der Waals surface area (Å²) in [5.74, 6) is -0.254. The number of amides is 1. The van der Waals surface area contributed by atoms with E-state index < -0.39 is 11.7 Å². The quantitative estimate of drug-likeness (QED) is 0.902. The van der Waals surface area contributed by atoms with Crippen LogP contribution in [0.1, 0.15) is 18.1 Å². The first-order chi connectivity index (χ1) is 9.39. The molecule has 1 aliphatic heterocycles. The number of nitrogens with one attached hydrogen (secondary N) is 1. The Labute approximate surface area is 115 Å². The fraction of sp³-hybridized carbons (Fsp3) is 0.500. The van der Waals surface area contributed by atoms with Crippen LogP contribution in [0, 0.1) is 0 Å². The van der Waals surface area contributed by atoms with Gasteiger partial charge in [-0.1, -0.05) is 18.2 Å². The van der Waals surface area contributed by atoms with Gasteiger partial charge in [-0.15, -0.1) is 0 Å². The van der Waals surface area contributed by atoms with Crippen LogP contribution < -0.4 is 5.32 Å². The fourth-order valence-corrected chi connectivity index (χ4v) is 2.43. The lowest BCUT2D eigenvalue weighted by atomic mass is 10.0. The van der Waals surface area contributed by atoms with E-state index in [0.29, 0.717) is 19.6 Å². The van der Waals surface area contributed by atoms with E-state index in [1.807, 2.05) is 6.92 Å². The van der Waals surface area contributed by atoms with Gasteiger partial charge in [-0.2, -0.15) is 13.2 Å². The number of carbonyl (C=O) groups excluding carboxylic acids is 1. The summed E-state index contributed by atoms with van der Waals surface area (Å²) in [4.78, 5) is 13.8. The van der Waals surface area contributed by atoms with Gasteiger partial charge in [-0.3, -0.25) is 4.79 Å². The molecule has 0 unspecified atom stereocenters. The van der Waals surface area contributed by atoms with Crippen LogP contribution in [0.2, 0.25) is 0 Å². The summed E-state index contributed by atoms with van der Waals surface area (Å²) in [6, 6.07) is 5.26. The van der Waals surface area contributed by atoms with Crippen molar-refractivity contribution < 1.29 is 18.0 Å². The third kappa shape index (κ3) is 3.30. The maximum atomic E-state index is 12.9. The van der Waals surface area contributed by atoms with Crippen molar-refractivity contribution >= 4 is 5.91 Å². The molecule has 1 atom stereocenters. The summed E-state index contributed by atoms with van der Waals surface area (Å²) in [6.07, 6.45) is -4.63. The van der Waals surface area contributed by atoms with Crippen LogP contribution in [0.5, 0.6) is 0 Å². The third-order valence-corrected chi connectivity index (χ3v) is 3.49. The molecule has 0 spiro atoms. The van der Waals surface area contributed by atoms with Gasteiger partial charge in [0.25, 0.3) is 0 Å². The highest BCUT2D eigenvalue weighted by atomic mass is 19.4. The Kier molecular flexibility index (Phi) is 4.32. The first-order valence-electron chi connectivity index (χ1n) is 6.55. The minimum Gasteiger partial charge on any atom is -0.337 e. The molecule has 2 rings (SSSR count). The Bertz CT molecular complexity index is 488. The van der Waals surface area contributed by atoms with Crippen LogP contribution in [-0.2, 0) is 17.4 Å². The molecule has 6 heteroatoms. The van der Waals surface area contributed by atoms with Crippen LogP contribution in [0.3, 0.4) is 0 Å². The standard InChI is InChI=1S/C14H17F3N2O/c1-10-9-18-6-7-19(10)13(20)8-11-4-2-3-5-12(11)14(15,16)17/h2-5,10,18H,6-9H2,1H3/t10-/m0/s1. The summed E-state index contributed by atoms with van der Waals surface area (Å²) in [5.41, 5.74) is -0.688. The van der Waals surface area contributed by atoms with Gasteiger partial charge in [0, 0.05) is 25.7 Å². The summed E-state index contributed by atoms with van der Waals surface area (Å²) < 4.78 is 38.6. The molecule has 0 bridgehead atoms. The highest BCUT2D eigenvalue weighted by Crippen LogP contribution is 2.32. The van der Waals surface area contributed by atoms with Crippen molar-refractivity contribution in [3.8, 4) is 0 Å². The first kappa shape index (κ1) is 14.8. The van der Waals surface area contributed by atoms with Crippen LogP contribution in [0.4, 0.5) is 13.2 Å². The minimum atomic E-state index is -4.42. The lowest BCUT2D eigenvalue weighted by Crippen LogP contribution is -2.52. The number of alkyl halides is 3. The van der Waals surface area contributed by atoms with Gasteiger partial charge < -0.3 is 10.2 Å². The van der Waals surface area contributed by atoms with Crippen molar-refractivity contribution in [2.45, 2.75) is 25.6 Å². The number of hydrogen-bond donors (Lipinski definition) is 1. The SMILES string of the molecule is C[C@H]1CNCCN1C(=O)Cc1ccccc1C(F)(F)F. The normalized spacial score (nSPS) is 20.0. The van der Waals surface area contributed by atoms with Crippen LogP contribution in [0.15, 0.2) is 24.3 Å². The van der Waals surface area contributed by atoms with Gasteiger partial charge in [0.1, 0.15) is 0 Å². The lowest BCUT2D eigenvalue weighted by Gasteiger charge is -2.34. The highest BCUT2D eigenvalue weighted by molar-refractivity contribution is 5.79. The molecular formula is C14H17F3N2O. The molecular weight excluding hydrogens is 269 g/mol. The molecule has 110 valence electrons. The Balaban J connectivity index is 2.16. The summed E-state index contributed by atoms with van der Waals surface area (Å²) in [5, 5.41) is 3.14.